The normalized spacial score (nSPS) is 12.9. The Balaban J connectivity index is 1.89. The van der Waals surface area contributed by atoms with Crippen LogP contribution in [0.1, 0.15) is 30.6 Å². The van der Waals surface area contributed by atoms with Crippen molar-refractivity contribution in [1.82, 2.24) is 24.9 Å². The standard InChI is InChI=1S/C16H21N5/c1-4-14(17-2)12-9-18-21(10-12)11-15-13-7-5-6-8-16(13)20(3)19-15/h5-10,14,17H,4,11H2,1-3H3. The van der Waals surface area contributed by atoms with E-state index >= 15 is 0 Å². The summed E-state index contributed by atoms with van der Waals surface area (Å²) in [4.78, 5) is 0. The molecular weight excluding hydrogens is 262 g/mol. The highest BCUT2D eigenvalue weighted by molar-refractivity contribution is 5.81. The van der Waals surface area contributed by atoms with Crippen LogP contribution in [0.3, 0.4) is 0 Å². The van der Waals surface area contributed by atoms with Crippen LogP contribution in [0.4, 0.5) is 0 Å². The number of nitrogens with zero attached hydrogens (tertiary/aromatic N) is 4. The molecule has 2 heterocycles. The molecule has 110 valence electrons. The molecule has 2 aromatic heterocycles. The minimum absolute atomic E-state index is 0.360. The Morgan fingerprint density at radius 1 is 1.29 bits per heavy atom. The van der Waals surface area contributed by atoms with Gasteiger partial charge in [0.2, 0.25) is 0 Å². The molecule has 1 atom stereocenters. The molecule has 0 radical (unpaired) electrons. The van der Waals surface area contributed by atoms with Crippen molar-refractivity contribution in [3.63, 3.8) is 0 Å². The molecule has 21 heavy (non-hydrogen) atoms. The molecule has 0 saturated carbocycles. The molecule has 3 aromatic rings. The number of para-hydroxylation sites is 1. The zero-order valence-corrected chi connectivity index (χ0v) is 12.7. The number of aryl methyl sites for hydroxylation is 1. The molecule has 1 N–H and O–H groups in total. The summed E-state index contributed by atoms with van der Waals surface area (Å²) in [5.74, 6) is 0. The number of fused-ring (bicyclic) bond motifs is 1. The summed E-state index contributed by atoms with van der Waals surface area (Å²) in [6.07, 6.45) is 5.10. The van der Waals surface area contributed by atoms with Crippen molar-refractivity contribution in [3.8, 4) is 0 Å². The average molecular weight is 283 g/mol. The van der Waals surface area contributed by atoms with E-state index in [4.69, 9.17) is 0 Å². The fourth-order valence-electron chi connectivity index (χ4n) is 2.81. The molecule has 0 fully saturated rings. The molecule has 1 unspecified atom stereocenters. The first-order valence-electron chi connectivity index (χ1n) is 7.33. The molecule has 0 saturated heterocycles. The van der Waals surface area contributed by atoms with Crippen molar-refractivity contribution in [1.29, 1.82) is 0 Å². The van der Waals surface area contributed by atoms with E-state index in [9.17, 15) is 0 Å². The second-order valence-corrected chi connectivity index (χ2v) is 5.31. The van der Waals surface area contributed by atoms with Gasteiger partial charge in [-0.15, -0.1) is 0 Å². The van der Waals surface area contributed by atoms with Gasteiger partial charge in [-0.2, -0.15) is 10.2 Å². The molecule has 1 aromatic carbocycles. The lowest BCUT2D eigenvalue weighted by molar-refractivity contribution is 0.575. The summed E-state index contributed by atoms with van der Waals surface area (Å²) < 4.78 is 3.89. The SMILES string of the molecule is CCC(NC)c1cnn(Cc2nn(C)c3ccccc23)c1. The van der Waals surface area contributed by atoms with Gasteiger partial charge in [-0.3, -0.25) is 9.36 Å². The highest BCUT2D eigenvalue weighted by Gasteiger charge is 2.12. The lowest BCUT2D eigenvalue weighted by atomic mass is 10.1. The third-order valence-electron chi connectivity index (χ3n) is 3.96. The van der Waals surface area contributed by atoms with Crippen molar-refractivity contribution < 1.29 is 0 Å². The summed E-state index contributed by atoms with van der Waals surface area (Å²) in [6, 6.07) is 8.66. The average Bonchev–Trinajstić information content (AvgIpc) is 3.08. The number of rotatable bonds is 5. The van der Waals surface area contributed by atoms with Gasteiger partial charge in [0.25, 0.3) is 0 Å². The molecular formula is C16H21N5. The van der Waals surface area contributed by atoms with E-state index in [2.05, 4.69) is 46.8 Å². The number of nitrogens with one attached hydrogen (secondary N) is 1. The maximum Gasteiger partial charge on any atom is 0.0918 e. The van der Waals surface area contributed by atoms with Crippen LogP contribution in [-0.4, -0.2) is 26.6 Å². The first-order chi connectivity index (χ1) is 10.2. The summed E-state index contributed by atoms with van der Waals surface area (Å²) >= 11 is 0. The highest BCUT2D eigenvalue weighted by atomic mass is 15.3. The van der Waals surface area contributed by atoms with Gasteiger partial charge in [0, 0.05) is 30.2 Å². The Morgan fingerprint density at radius 2 is 2.10 bits per heavy atom. The van der Waals surface area contributed by atoms with Crippen LogP contribution < -0.4 is 5.32 Å². The smallest absolute Gasteiger partial charge is 0.0918 e. The summed E-state index contributed by atoms with van der Waals surface area (Å²) in [5, 5.41) is 13.6. The molecule has 5 nitrogen and oxygen atoms in total. The van der Waals surface area contributed by atoms with Gasteiger partial charge in [-0.25, -0.2) is 0 Å². The monoisotopic (exact) mass is 283 g/mol. The molecule has 0 spiro atoms. The highest BCUT2D eigenvalue weighted by Crippen LogP contribution is 2.19. The van der Waals surface area contributed by atoms with E-state index in [-0.39, 0.29) is 0 Å². The second-order valence-electron chi connectivity index (χ2n) is 5.31. The van der Waals surface area contributed by atoms with E-state index in [1.807, 2.05) is 35.7 Å². The van der Waals surface area contributed by atoms with E-state index in [0.29, 0.717) is 12.6 Å². The fraction of sp³-hybridized carbons (Fsp3) is 0.375. The Morgan fingerprint density at radius 3 is 2.86 bits per heavy atom. The zero-order chi connectivity index (χ0) is 14.8. The maximum atomic E-state index is 4.62. The second kappa shape index (κ2) is 5.69. The largest absolute Gasteiger partial charge is 0.313 e. The van der Waals surface area contributed by atoms with Gasteiger partial charge in [-0.05, 0) is 19.5 Å². The summed E-state index contributed by atoms with van der Waals surface area (Å²) in [5.41, 5.74) is 3.43. The first-order valence-corrected chi connectivity index (χ1v) is 7.33. The molecule has 0 aliphatic heterocycles. The Bertz CT molecular complexity index is 736. The van der Waals surface area contributed by atoms with Gasteiger partial charge >= 0.3 is 0 Å². The topological polar surface area (TPSA) is 47.7 Å². The van der Waals surface area contributed by atoms with Crippen molar-refractivity contribution in [3.05, 3.63) is 47.9 Å². The van der Waals surface area contributed by atoms with Gasteiger partial charge < -0.3 is 5.32 Å². The van der Waals surface area contributed by atoms with E-state index in [1.54, 1.807) is 0 Å². The van der Waals surface area contributed by atoms with E-state index < -0.39 is 0 Å². The van der Waals surface area contributed by atoms with Crippen LogP contribution in [0, 0.1) is 0 Å². The number of hydrogen-bond acceptors (Lipinski definition) is 3. The van der Waals surface area contributed by atoms with Crippen molar-refractivity contribution in [2.45, 2.75) is 25.9 Å². The van der Waals surface area contributed by atoms with Crippen LogP contribution in [0.5, 0.6) is 0 Å². The molecule has 0 amide bonds. The van der Waals surface area contributed by atoms with Crippen LogP contribution in [0.25, 0.3) is 10.9 Å². The van der Waals surface area contributed by atoms with Crippen LogP contribution >= 0.6 is 0 Å². The van der Waals surface area contributed by atoms with Crippen molar-refractivity contribution in [2.75, 3.05) is 7.05 Å². The third kappa shape index (κ3) is 2.56. The Labute approximate surface area is 124 Å². The fourth-order valence-corrected chi connectivity index (χ4v) is 2.81. The molecule has 5 heteroatoms. The van der Waals surface area contributed by atoms with Gasteiger partial charge in [-0.1, -0.05) is 25.1 Å². The first kappa shape index (κ1) is 13.8. The maximum absolute atomic E-state index is 4.62. The minimum Gasteiger partial charge on any atom is -0.313 e. The van der Waals surface area contributed by atoms with E-state index in [1.165, 1.54) is 10.9 Å². The minimum atomic E-state index is 0.360. The Hall–Kier alpha value is -2.14. The lowest BCUT2D eigenvalue weighted by Crippen LogP contribution is -2.14. The number of aromatic nitrogens is 4. The molecule has 0 aliphatic rings. The van der Waals surface area contributed by atoms with Crippen molar-refractivity contribution >= 4 is 10.9 Å². The summed E-state index contributed by atoms with van der Waals surface area (Å²) in [7, 11) is 3.96. The Kier molecular flexibility index (Phi) is 3.75. The predicted molar refractivity (Wildman–Crippen MR) is 84.1 cm³/mol. The van der Waals surface area contributed by atoms with Crippen molar-refractivity contribution in [2.24, 2.45) is 7.05 Å². The van der Waals surface area contributed by atoms with E-state index in [0.717, 1.165) is 17.6 Å². The van der Waals surface area contributed by atoms with Gasteiger partial charge in [0.15, 0.2) is 0 Å². The number of hydrogen-bond donors (Lipinski definition) is 1. The number of benzene rings is 1. The predicted octanol–water partition coefficient (Wildman–Crippen LogP) is 2.49. The molecule has 0 aliphatic carbocycles. The van der Waals surface area contributed by atoms with Crippen LogP contribution in [-0.2, 0) is 13.6 Å². The zero-order valence-electron chi connectivity index (χ0n) is 12.7. The van der Waals surface area contributed by atoms with Gasteiger partial charge in [0.1, 0.15) is 0 Å². The third-order valence-corrected chi connectivity index (χ3v) is 3.96. The quantitative estimate of drug-likeness (QED) is 0.782. The summed E-state index contributed by atoms with van der Waals surface area (Å²) in [6.45, 7) is 2.87. The van der Waals surface area contributed by atoms with Crippen LogP contribution in [0.15, 0.2) is 36.7 Å². The van der Waals surface area contributed by atoms with Gasteiger partial charge in [0.05, 0.1) is 24.0 Å². The molecule has 3 rings (SSSR count). The molecule has 0 bridgehead atoms. The lowest BCUT2D eigenvalue weighted by Gasteiger charge is -2.10. The van der Waals surface area contributed by atoms with Crippen LogP contribution in [0.2, 0.25) is 0 Å².